The van der Waals surface area contributed by atoms with Crippen molar-refractivity contribution in [3.63, 3.8) is 0 Å². The number of Topliss-reactive ketones (excluding diaryl/α,β-unsaturated/α-hetero) is 1. The van der Waals surface area contributed by atoms with Crippen LogP contribution >= 0.6 is 0 Å². The third-order valence-electron chi connectivity index (χ3n) is 3.04. The molecule has 4 atom stereocenters. The normalized spacial score (nSPS) is 25.7. The average Bonchev–Trinajstić information content (AvgIpc) is 2.85. The summed E-state index contributed by atoms with van der Waals surface area (Å²) in [6, 6.07) is 3.31. The third kappa shape index (κ3) is 5.99. The maximum absolute atomic E-state index is 11.3. The van der Waals surface area contributed by atoms with Crippen LogP contribution in [-0.4, -0.2) is 46.0 Å². The maximum Gasteiger partial charge on any atom is 0.292 e. The molecule has 132 valence electrons. The van der Waals surface area contributed by atoms with Gasteiger partial charge in [0.05, 0.1) is 12.2 Å². The van der Waals surface area contributed by atoms with Crippen LogP contribution in [0.4, 0.5) is 0 Å². The van der Waals surface area contributed by atoms with Crippen LogP contribution in [0.3, 0.4) is 0 Å². The Balaban J connectivity index is 0.000000868. The minimum atomic E-state index is -1.14. The van der Waals surface area contributed by atoms with Crippen molar-refractivity contribution in [2.45, 2.75) is 65.6 Å². The number of aliphatic hydroxyl groups excluding tert-OH is 3. The molecule has 1 saturated heterocycles. The molecule has 1 aliphatic heterocycles. The molecule has 6 heteroatoms. The molecule has 0 aliphatic carbocycles. The summed E-state index contributed by atoms with van der Waals surface area (Å²) in [5.74, 6) is -0.101. The third-order valence-corrected chi connectivity index (χ3v) is 3.04. The second-order valence-corrected chi connectivity index (χ2v) is 5.03. The molecule has 2 rings (SSSR count). The number of nitrogens with zero attached hydrogens (tertiary/aromatic N) is 1. The molecule has 1 aliphatic rings. The molecule has 0 amide bonds. The van der Waals surface area contributed by atoms with E-state index in [1.54, 1.807) is 24.5 Å². The van der Waals surface area contributed by atoms with Gasteiger partial charge in [0, 0.05) is 6.07 Å². The van der Waals surface area contributed by atoms with E-state index in [1.165, 1.54) is 17.9 Å². The lowest BCUT2D eigenvalue weighted by Gasteiger charge is -2.09. The molecular formula is C17H30NO5+. The summed E-state index contributed by atoms with van der Waals surface area (Å²) in [7, 11) is 0. The molecule has 1 fully saturated rings. The lowest BCUT2D eigenvalue weighted by molar-refractivity contribution is -0.765. The molecule has 0 aromatic carbocycles. The lowest BCUT2D eigenvalue weighted by atomic mass is 10.1. The Kier molecular flexibility index (Phi) is 10.6. The standard InChI is InChI=1S/C12H16NO5.C3H8.C2H6/c1-7(15)8-3-2-4-13(5-8)12-11(17)10(16)9(6-14)18-12;1-3-2;1-2/h2-5,9-12,14,16-17H,6H2,1H3;3H2,1-2H3;1-2H3/q+1;;/t9-,10?,11+,12-;;/m1../s1. The highest BCUT2D eigenvalue weighted by Crippen LogP contribution is 2.25. The Hall–Kier alpha value is -1.34. The van der Waals surface area contributed by atoms with Crippen molar-refractivity contribution in [1.29, 1.82) is 0 Å². The maximum atomic E-state index is 11.3. The first kappa shape index (κ1) is 21.7. The van der Waals surface area contributed by atoms with Crippen LogP contribution in [0, 0.1) is 0 Å². The van der Waals surface area contributed by atoms with Crippen molar-refractivity contribution >= 4 is 5.78 Å². The van der Waals surface area contributed by atoms with E-state index in [1.807, 2.05) is 13.8 Å². The number of carbonyl (C=O) groups excluding carboxylic acids is 1. The first-order chi connectivity index (χ1) is 11.0. The number of ketones is 1. The van der Waals surface area contributed by atoms with E-state index in [9.17, 15) is 15.0 Å². The summed E-state index contributed by atoms with van der Waals surface area (Å²) in [6.45, 7) is 9.32. The van der Waals surface area contributed by atoms with Crippen molar-refractivity contribution < 1.29 is 29.4 Å². The topological polar surface area (TPSA) is 90.9 Å². The van der Waals surface area contributed by atoms with Crippen molar-refractivity contribution in [2.75, 3.05) is 6.61 Å². The summed E-state index contributed by atoms with van der Waals surface area (Å²) in [4.78, 5) is 11.3. The lowest BCUT2D eigenvalue weighted by Crippen LogP contribution is -2.46. The molecular weight excluding hydrogens is 298 g/mol. The number of carbonyl (C=O) groups is 1. The van der Waals surface area contributed by atoms with E-state index in [4.69, 9.17) is 9.84 Å². The summed E-state index contributed by atoms with van der Waals surface area (Å²) < 4.78 is 6.87. The van der Waals surface area contributed by atoms with Crippen LogP contribution in [0.5, 0.6) is 0 Å². The van der Waals surface area contributed by atoms with Gasteiger partial charge in [-0.3, -0.25) is 4.79 Å². The smallest absolute Gasteiger partial charge is 0.292 e. The minimum Gasteiger partial charge on any atom is -0.394 e. The summed E-state index contributed by atoms with van der Waals surface area (Å²) in [6.07, 6.45) is 0.507. The van der Waals surface area contributed by atoms with Crippen molar-refractivity contribution in [3.8, 4) is 0 Å². The van der Waals surface area contributed by atoms with E-state index < -0.39 is 24.5 Å². The average molecular weight is 328 g/mol. The van der Waals surface area contributed by atoms with Crippen molar-refractivity contribution in [2.24, 2.45) is 0 Å². The first-order valence-electron chi connectivity index (χ1n) is 8.10. The first-order valence-corrected chi connectivity index (χ1v) is 8.10. The van der Waals surface area contributed by atoms with Crippen molar-refractivity contribution in [1.82, 2.24) is 0 Å². The fraction of sp³-hybridized carbons (Fsp3) is 0.647. The van der Waals surface area contributed by atoms with E-state index >= 15 is 0 Å². The molecule has 0 radical (unpaired) electrons. The molecule has 23 heavy (non-hydrogen) atoms. The van der Waals surface area contributed by atoms with Gasteiger partial charge in [0.1, 0.15) is 12.2 Å². The Bertz CT molecular complexity index is 466. The summed E-state index contributed by atoms with van der Waals surface area (Å²) in [5.41, 5.74) is 0.482. The van der Waals surface area contributed by atoms with Gasteiger partial charge in [0.25, 0.3) is 6.23 Å². The highest BCUT2D eigenvalue weighted by molar-refractivity contribution is 5.93. The monoisotopic (exact) mass is 328 g/mol. The number of aliphatic hydroxyl groups is 3. The van der Waals surface area contributed by atoms with Gasteiger partial charge in [-0.05, 0) is 13.0 Å². The van der Waals surface area contributed by atoms with Crippen LogP contribution in [0.25, 0.3) is 0 Å². The Morgan fingerprint density at radius 2 is 1.83 bits per heavy atom. The number of hydrogen-bond acceptors (Lipinski definition) is 5. The fourth-order valence-corrected chi connectivity index (χ4v) is 1.99. The van der Waals surface area contributed by atoms with Crippen LogP contribution in [0.1, 0.15) is 57.6 Å². The molecule has 3 N–H and O–H groups in total. The quantitative estimate of drug-likeness (QED) is 0.573. The Morgan fingerprint density at radius 3 is 2.26 bits per heavy atom. The van der Waals surface area contributed by atoms with Crippen LogP contribution < -0.4 is 4.57 Å². The summed E-state index contributed by atoms with van der Waals surface area (Å²) in [5, 5.41) is 28.5. The second-order valence-electron chi connectivity index (χ2n) is 5.03. The molecule has 1 unspecified atom stereocenters. The molecule has 1 aromatic rings. The van der Waals surface area contributed by atoms with E-state index in [-0.39, 0.29) is 12.4 Å². The van der Waals surface area contributed by atoms with E-state index in [0.29, 0.717) is 5.56 Å². The number of hydrogen-bond donors (Lipinski definition) is 3. The van der Waals surface area contributed by atoms with Gasteiger partial charge in [0.15, 0.2) is 24.3 Å². The van der Waals surface area contributed by atoms with Gasteiger partial charge in [-0.1, -0.05) is 34.1 Å². The molecule has 0 spiro atoms. The molecule has 2 heterocycles. The summed E-state index contributed by atoms with van der Waals surface area (Å²) >= 11 is 0. The van der Waals surface area contributed by atoms with Crippen LogP contribution in [-0.2, 0) is 4.74 Å². The molecule has 0 saturated carbocycles. The fourth-order valence-electron chi connectivity index (χ4n) is 1.99. The van der Waals surface area contributed by atoms with Gasteiger partial charge in [-0.2, -0.15) is 4.57 Å². The molecule has 0 bridgehead atoms. The number of rotatable bonds is 3. The van der Waals surface area contributed by atoms with Crippen molar-refractivity contribution in [3.05, 3.63) is 30.1 Å². The van der Waals surface area contributed by atoms with Gasteiger partial charge in [-0.15, -0.1) is 0 Å². The predicted octanol–water partition coefficient (Wildman–Crippen LogP) is 1.23. The second kappa shape index (κ2) is 11.2. The van der Waals surface area contributed by atoms with Crippen LogP contribution in [0.2, 0.25) is 0 Å². The van der Waals surface area contributed by atoms with E-state index in [0.717, 1.165) is 0 Å². The minimum absolute atomic E-state index is 0.101. The highest BCUT2D eigenvalue weighted by atomic mass is 16.6. The largest absolute Gasteiger partial charge is 0.394 e. The highest BCUT2D eigenvalue weighted by Gasteiger charge is 2.47. The number of ether oxygens (including phenoxy) is 1. The Morgan fingerprint density at radius 1 is 1.26 bits per heavy atom. The van der Waals surface area contributed by atoms with Gasteiger partial charge in [-0.25, -0.2) is 0 Å². The number of pyridine rings is 1. The van der Waals surface area contributed by atoms with E-state index in [2.05, 4.69) is 13.8 Å². The molecule has 1 aromatic heterocycles. The zero-order valence-corrected chi connectivity index (χ0v) is 14.6. The zero-order valence-electron chi connectivity index (χ0n) is 14.6. The van der Waals surface area contributed by atoms with Gasteiger partial charge >= 0.3 is 0 Å². The SMILES string of the molecule is CC.CC(=O)c1ccc[n+]([C@@H]2O[C@H](CO)C(O)[C@@H]2O)c1.CCC. The predicted molar refractivity (Wildman–Crippen MR) is 87.0 cm³/mol. The van der Waals surface area contributed by atoms with Gasteiger partial charge < -0.3 is 20.1 Å². The van der Waals surface area contributed by atoms with Gasteiger partial charge in [0.2, 0.25) is 0 Å². The Labute approximate surface area is 138 Å². The number of aromatic nitrogens is 1. The molecule has 6 nitrogen and oxygen atoms in total. The van der Waals surface area contributed by atoms with Crippen LogP contribution in [0.15, 0.2) is 24.5 Å². The zero-order chi connectivity index (χ0) is 18.0.